The predicted molar refractivity (Wildman–Crippen MR) is 35.7 cm³/mol. The van der Waals surface area contributed by atoms with Crippen molar-refractivity contribution in [3.05, 3.63) is 12.7 Å². The highest BCUT2D eigenvalue weighted by atomic mass is 19.4. The van der Waals surface area contributed by atoms with Gasteiger partial charge in [-0.2, -0.15) is 26.3 Å². The van der Waals surface area contributed by atoms with Crippen LogP contribution in [0.25, 0.3) is 0 Å². The normalized spacial score (nSPS) is 15.1. The molecule has 16 heavy (non-hydrogen) atoms. The second-order valence-electron chi connectivity index (χ2n) is 2.94. The molecule has 0 spiro atoms. The highest BCUT2D eigenvalue weighted by Crippen LogP contribution is 2.51. The van der Waals surface area contributed by atoms with Crippen molar-refractivity contribution in [3.63, 3.8) is 0 Å². The second-order valence-corrected chi connectivity index (χ2v) is 2.94. The summed E-state index contributed by atoms with van der Waals surface area (Å²) in [5.41, 5.74) is -5.96. The van der Waals surface area contributed by atoms with Gasteiger partial charge in [-0.25, -0.2) is 13.2 Å². The van der Waals surface area contributed by atoms with Crippen molar-refractivity contribution in [2.24, 2.45) is 0 Å². The van der Waals surface area contributed by atoms with E-state index in [1.165, 1.54) is 0 Å². The number of alkyl halides is 9. The Bertz CT molecular complexity index is 244. The van der Waals surface area contributed by atoms with Gasteiger partial charge < -0.3 is 0 Å². The molecule has 0 N–H and O–H groups in total. The molecule has 0 aliphatic rings. The van der Waals surface area contributed by atoms with Gasteiger partial charge >= 0.3 is 18.0 Å². The van der Waals surface area contributed by atoms with Crippen LogP contribution in [0.15, 0.2) is 12.7 Å². The maximum absolute atomic E-state index is 12.7. The van der Waals surface area contributed by atoms with Gasteiger partial charge in [0.15, 0.2) is 0 Å². The third-order valence-electron chi connectivity index (χ3n) is 1.68. The van der Waals surface area contributed by atoms with Crippen LogP contribution >= 0.6 is 0 Å². The zero-order valence-electron chi connectivity index (χ0n) is 7.39. The Labute approximate surface area is 83.7 Å². The fraction of sp³-hybridized carbons (Fsp3) is 0.714. The first-order valence-corrected chi connectivity index (χ1v) is 3.60. The number of rotatable bonds is 3. The third-order valence-corrected chi connectivity index (χ3v) is 1.68. The van der Waals surface area contributed by atoms with Gasteiger partial charge in [0.2, 0.25) is 0 Å². The topological polar surface area (TPSA) is 0 Å². The molecule has 0 bridgehead atoms. The quantitative estimate of drug-likeness (QED) is 0.530. The average molecular weight is 260 g/mol. The molecule has 9 heteroatoms. The van der Waals surface area contributed by atoms with Gasteiger partial charge in [-0.1, -0.05) is 6.58 Å². The van der Waals surface area contributed by atoms with Crippen molar-refractivity contribution in [2.45, 2.75) is 30.4 Å². The standard InChI is InChI=1S/C7H5F9/c1-2-4(8,9)3-5(10,6(11,12)13)7(14,15)16/h2H,1,3H2. The molecule has 0 unspecified atom stereocenters. The van der Waals surface area contributed by atoms with Crippen molar-refractivity contribution in [2.75, 3.05) is 0 Å². The molecule has 0 heterocycles. The Morgan fingerprint density at radius 2 is 1.06 bits per heavy atom. The Morgan fingerprint density at radius 1 is 0.750 bits per heavy atom. The Hall–Kier alpha value is -0.890. The number of allylic oxidation sites excluding steroid dienone is 1. The van der Waals surface area contributed by atoms with E-state index in [1.54, 1.807) is 0 Å². The molecular weight excluding hydrogens is 255 g/mol. The van der Waals surface area contributed by atoms with Crippen molar-refractivity contribution in [1.29, 1.82) is 0 Å². The van der Waals surface area contributed by atoms with Crippen LogP contribution in [0.1, 0.15) is 6.42 Å². The Morgan fingerprint density at radius 3 is 1.25 bits per heavy atom. The fourth-order valence-electron chi connectivity index (χ4n) is 0.758. The Kier molecular flexibility index (Phi) is 3.63. The van der Waals surface area contributed by atoms with Crippen LogP contribution in [-0.4, -0.2) is 23.9 Å². The van der Waals surface area contributed by atoms with Crippen LogP contribution < -0.4 is 0 Å². The lowest BCUT2D eigenvalue weighted by Gasteiger charge is -2.31. The number of hydrogen-bond acceptors (Lipinski definition) is 0. The SMILES string of the molecule is C=CC(F)(F)CC(F)(C(F)(F)F)C(F)(F)F. The van der Waals surface area contributed by atoms with Gasteiger partial charge in [-0.3, -0.25) is 0 Å². The van der Waals surface area contributed by atoms with Crippen LogP contribution in [0.4, 0.5) is 39.5 Å². The molecule has 0 rings (SSSR count). The molecule has 96 valence electrons. The molecule has 0 aromatic heterocycles. The van der Waals surface area contributed by atoms with Crippen LogP contribution in [0.3, 0.4) is 0 Å². The van der Waals surface area contributed by atoms with Gasteiger partial charge in [-0.05, 0) is 6.08 Å². The number of hydrogen-bond donors (Lipinski definition) is 0. The molecule has 0 aliphatic heterocycles. The summed E-state index contributed by atoms with van der Waals surface area (Å²) in [7, 11) is 0. The predicted octanol–water partition coefficient (Wildman–Crippen LogP) is 4.03. The largest absolute Gasteiger partial charge is 0.431 e. The lowest BCUT2D eigenvalue weighted by molar-refractivity contribution is -0.352. The van der Waals surface area contributed by atoms with Crippen molar-refractivity contribution in [3.8, 4) is 0 Å². The van der Waals surface area contributed by atoms with Gasteiger partial charge in [0, 0.05) is 0 Å². The van der Waals surface area contributed by atoms with Crippen molar-refractivity contribution >= 4 is 0 Å². The summed E-state index contributed by atoms with van der Waals surface area (Å²) in [6.45, 7) is 2.33. The zero-order chi connectivity index (χ0) is 13.4. The molecule has 0 atom stereocenters. The van der Waals surface area contributed by atoms with E-state index in [0.29, 0.717) is 0 Å². The molecule has 0 nitrogen and oxygen atoms in total. The van der Waals surface area contributed by atoms with Crippen LogP contribution in [0.5, 0.6) is 0 Å². The third kappa shape index (κ3) is 2.82. The smallest absolute Gasteiger partial charge is 0.223 e. The minimum absolute atomic E-state index is 0.473. The van der Waals surface area contributed by atoms with Crippen LogP contribution in [0, 0.1) is 0 Å². The molecule has 0 aliphatic carbocycles. The monoisotopic (exact) mass is 260 g/mol. The maximum atomic E-state index is 12.7. The highest BCUT2D eigenvalue weighted by Gasteiger charge is 2.74. The molecular formula is C7H5F9. The molecule has 0 fully saturated rings. The minimum Gasteiger partial charge on any atom is -0.223 e. The summed E-state index contributed by atoms with van der Waals surface area (Å²) >= 11 is 0. The lowest BCUT2D eigenvalue weighted by Crippen LogP contribution is -2.55. The first-order chi connectivity index (χ1) is 6.77. The highest BCUT2D eigenvalue weighted by molar-refractivity contribution is 5.02. The lowest BCUT2D eigenvalue weighted by atomic mass is 9.96. The van der Waals surface area contributed by atoms with Crippen LogP contribution in [-0.2, 0) is 0 Å². The maximum Gasteiger partial charge on any atom is 0.431 e. The second kappa shape index (κ2) is 3.85. The van der Waals surface area contributed by atoms with Crippen molar-refractivity contribution in [1.82, 2.24) is 0 Å². The first-order valence-electron chi connectivity index (χ1n) is 3.60. The van der Waals surface area contributed by atoms with E-state index < -0.39 is 36.4 Å². The summed E-state index contributed by atoms with van der Waals surface area (Å²) < 4.78 is 108. The van der Waals surface area contributed by atoms with Crippen molar-refractivity contribution < 1.29 is 39.5 Å². The van der Waals surface area contributed by atoms with E-state index in [0.717, 1.165) is 0 Å². The van der Waals surface area contributed by atoms with E-state index >= 15 is 0 Å². The zero-order valence-corrected chi connectivity index (χ0v) is 7.39. The van der Waals surface area contributed by atoms with Gasteiger partial charge in [0.1, 0.15) is 0 Å². The molecule has 0 saturated heterocycles. The number of halogens is 9. The summed E-state index contributed by atoms with van der Waals surface area (Å²) in [6.07, 6.45) is -16.5. The molecule has 0 saturated carbocycles. The van der Waals surface area contributed by atoms with E-state index in [4.69, 9.17) is 0 Å². The average Bonchev–Trinajstić information content (AvgIpc) is 1.99. The summed E-state index contributed by atoms with van der Waals surface area (Å²) in [5, 5.41) is 0. The summed E-state index contributed by atoms with van der Waals surface area (Å²) in [6, 6.07) is 0. The van der Waals surface area contributed by atoms with E-state index in [2.05, 4.69) is 6.58 Å². The van der Waals surface area contributed by atoms with E-state index in [1.807, 2.05) is 0 Å². The summed E-state index contributed by atoms with van der Waals surface area (Å²) in [5.74, 6) is -4.61. The van der Waals surface area contributed by atoms with E-state index in [9.17, 15) is 39.5 Å². The molecule has 0 radical (unpaired) electrons. The fourth-order valence-corrected chi connectivity index (χ4v) is 0.758. The van der Waals surface area contributed by atoms with Crippen LogP contribution in [0.2, 0.25) is 0 Å². The minimum atomic E-state index is -6.47. The van der Waals surface area contributed by atoms with E-state index in [-0.39, 0.29) is 0 Å². The van der Waals surface area contributed by atoms with Gasteiger partial charge in [0.25, 0.3) is 5.92 Å². The molecule has 0 amide bonds. The summed E-state index contributed by atoms with van der Waals surface area (Å²) in [4.78, 5) is 0. The molecule has 0 aromatic rings. The first kappa shape index (κ1) is 15.1. The Balaban J connectivity index is 5.38. The molecule has 0 aromatic carbocycles. The van der Waals surface area contributed by atoms with Gasteiger partial charge in [-0.15, -0.1) is 0 Å². The van der Waals surface area contributed by atoms with Gasteiger partial charge in [0.05, 0.1) is 6.42 Å².